The zero-order valence-electron chi connectivity index (χ0n) is 11.7. The molecule has 0 saturated carbocycles. The molecular formula is C14H11BrF3N5. The van der Waals surface area contributed by atoms with E-state index >= 15 is 0 Å². The van der Waals surface area contributed by atoms with Crippen LogP contribution in [0.4, 0.5) is 19.0 Å². The second-order valence-electron chi connectivity index (χ2n) is 4.81. The number of nitrogens with one attached hydrogen (secondary N) is 1. The Morgan fingerprint density at radius 3 is 2.48 bits per heavy atom. The number of fused-ring (bicyclic) bond motifs is 1. The van der Waals surface area contributed by atoms with Crippen molar-refractivity contribution in [3.63, 3.8) is 0 Å². The molecule has 0 fully saturated rings. The van der Waals surface area contributed by atoms with Gasteiger partial charge < -0.3 is 5.32 Å². The first-order valence-corrected chi connectivity index (χ1v) is 7.51. The summed E-state index contributed by atoms with van der Waals surface area (Å²) in [6.45, 7) is 0.545. The van der Waals surface area contributed by atoms with Crippen LogP contribution in [0.15, 0.2) is 40.9 Å². The van der Waals surface area contributed by atoms with Crippen molar-refractivity contribution in [3.8, 4) is 0 Å². The van der Waals surface area contributed by atoms with E-state index in [0.717, 1.165) is 16.5 Å². The molecule has 3 rings (SSSR count). The fourth-order valence-electron chi connectivity index (χ4n) is 2.05. The molecule has 0 saturated heterocycles. The SMILES string of the molecule is FC(F)(F)c1nnc2ccc(NCCc3ccc(Br)cc3)nn12. The Morgan fingerprint density at radius 2 is 1.78 bits per heavy atom. The standard InChI is InChI=1S/C14H11BrF3N5/c15-10-3-1-9(2-4-10)7-8-19-11-5-6-12-20-21-13(14(16,17)18)23(12)22-11/h1-6H,7-8H2,(H,19,22). The van der Waals surface area contributed by atoms with Crippen LogP contribution in [0.2, 0.25) is 0 Å². The third kappa shape index (κ3) is 3.61. The highest BCUT2D eigenvalue weighted by Crippen LogP contribution is 2.27. The quantitative estimate of drug-likeness (QED) is 0.745. The summed E-state index contributed by atoms with van der Waals surface area (Å²) in [7, 11) is 0. The van der Waals surface area contributed by atoms with E-state index in [-0.39, 0.29) is 5.65 Å². The average molecular weight is 386 g/mol. The molecular weight excluding hydrogens is 375 g/mol. The van der Waals surface area contributed by atoms with E-state index in [4.69, 9.17) is 0 Å². The molecule has 23 heavy (non-hydrogen) atoms. The maximum atomic E-state index is 12.8. The normalized spacial score (nSPS) is 11.8. The topological polar surface area (TPSA) is 55.1 Å². The predicted molar refractivity (Wildman–Crippen MR) is 82.1 cm³/mol. The van der Waals surface area contributed by atoms with Crippen molar-refractivity contribution in [1.82, 2.24) is 19.8 Å². The molecule has 0 bridgehead atoms. The van der Waals surface area contributed by atoms with Crippen molar-refractivity contribution in [2.24, 2.45) is 0 Å². The minimum Gasteiger partial charge on any atom is -0.368 e. The molecule has 2 aromatic heterocycles. The number of aromatic nitrogens is 4. The van der Waals surface area contributed by atoms with Crippen molar-refractivity contribution >= 4 is 27.4 Å². The molecule has 0 aliphatic rings. The molecule has 0 amide bonds. The Labute approximate surface area is 137 Å². The highest BCUT2D eigenvalue weighted by atomic mass is 79.9. The molecule has 0 atom stereocenters. The van der Waals surface area contributed by atoms with E-state index in [2.05, 4.69) is 36.5 Å². The van der Waals surface area contributed by atoms with Crippen LogP contribution in [0.5, 0.6) is 0 Å². The van der Waals surface area contributed by atoms with E-state index in [1.165, 1.54) is 6.07 Å². The minimum absolute atomic E-state index is 0.0517. The van der Waals surface area contributed by atoms with Gasteiger partial charge in [0.25, 0.3) is 5.82 Å². The summed E-state index contributed by atoms with van der Waals surface area (Å²) in [5.41, 5.74) is 1.16. The van der Waals surface area contributed by atoms with E-state index in [1.807, 2.05) is 24.3 Å². The number of hydrogen-bond donors (Lipinski definition) is 1. The molecule has 0 unspecified atom stereocenters. The molecule has 120 valence electrons. The number of benzene rings is 1. The third-order valence-electron chi connectivity index (χ3n) is 3.15. The first-order chi connectivity index (χ1) is 10.9. The lowest BCUT2D eigenvalue weighted by Crippen LogP contribution is -2.14. The van der Waals surface area contributed by atoms with E-state index in [1.54, 1.807) is 6.07 Å². The monoisotopic (exact) mass is 385 g/mol. The number of nitrogens with zero attached hydrogens (tertiary/aromatic N) is 4. The van der Waals surface area contributed by atoms with Crippen molar-refractivity contribution in [2.45, 2.75) is 12.6 Å². The van der Waals surface area contributed by atoms with Crippen LogP contribution in [0, 0.1) is 0 Å². The summed E-state index contributed by atoms with van der Waals surface area (Å²) in [5, 5.41) is 13.5. The molecule has 0 aliphatic carbocycles. The number of halogens is 4. The smallest absolute Gasteiger partial charge is 0.368 e. The van der Waals surface area contributed by atoms with E-state index < -0.39 is 12.0 Å². The van der Waals surface area contributed by atoms with Crippen LogP contribution >= 0.6 is 15.9 Å². The van der Waals surface area contributed by atoms with Gasteiger partial charge in [0.1, 0.15) is 5.82 Å². The maximum absolute atomic E-state index is 12.8. The molecule has 9 heteroatoms. The second kappa shape index (κ2) is 6.15. The summed E-state index contributed by atoms with van der Waals surface area (Å²) in [4.78, 5) is 0. The summed E-state index contributed by atoms with van der Waals surface area (Å²) in [6.07, 6.45) is -3.87. The van der Waals surface area contributed by atoms with Crippen LogP contribution in [-0.4, -0.2) is 26.4 Å². The maximum Gasteiger partial charge on any atom is 0.453 e. The zero-order valence-corrected chi connectivity index (χ0v) is 13.3. The molecule has 0 spiro atoms. The molecule has 1 N–H and O–H groups in total. The lowest BCUT2D eigenvalue weighted by Gasteiger charge is -2.07. The van der Waals surface area contributed by atoms with Crippen molar-refractivity contribution < 1.29 is 13.2 Å². The predicted octanol–water partition coefficient (Wildman–Crippen LogP) is 3.56. The Kier molecular flexibility index (Phi) is 4.20. The first kappa shape index (κ1) is 15.7. The van der Waals surface area contributed by atoms with Crippen molar-refractivity contribution in [1.29, 1.82) is 0 Å². The highest BCUT2D eigenvalue weighted by molar-refractivity contribution is 9.10. The van der Waals surface area contributed by atoms with Gasteiger partial charge in [-0.1, -0.05) is 28.1 Å². The van der Waals surface area contributed by atoms with Gasteiger partial charge in [-0.2, -0.15) is 17.7 Å². The van der Waals surface area contributed by atoms with Crippen LogP contribution < -0.4 is 5.32 Å². The number of rotatable bonds is 4. The Bertz CT molecular complexity index is 813. The molecule has 2 heterocycles. The third-order valence-corrected chi connectivity index (χ3v) is 3.68. The Balaban J connectivity index is 1.72. The van der Waals surface area contributed by atoms with Gasteiger partial charge in [-0.3, -0.25) is 0 Å². The lowest BCUT2D eigenvalue weighted by atomic mass is 10.1. The highest BCUT2D eigenvalue weighted by Gasteiger charge is 2.37. The Morgan fingerprint density at radius 1 is 1.04 bits per heavy atom. The van der Waals surface area contributed by atoms with Crippen LogP contribution in [0.1, 0.15) is 11.4 Å². The van der Waals surface area contributed by atoms with Crippen LogP contribution in [0.3, 0.4) is 0 Å². The molecule has 0 aliphatic heterocycles. The summed E-state index contributed by atoms with van der Waals surface area (Å²) in [5.74, 6) is -0.802. The first-order valence-electron chi connectivity index (χ1n) is 6.71. The van der Waals surface area contributed by atoms with E-state index in [9.17, 15) is 13.2 Å². The number of anilines is 1. The minimum atomic E-state index is -4.59. The Hall–Kier alpha value is -2.16. The number of alkyl halides is 3. The van der Waals surface area contributed by atoms with Crippen LogP contribution in [0.25, 0.3) is 5.65 Å². The molecule has 5 nitrogen and oxygen atoms in total. The van der Waals surface area contributed by atoms with Gasteiger partial charge >= 0.3 is 6.18 Å². The van der Waals surface area contributed by atoms with E-state index in [0.29, 0.717) is 16.9 Å². The van der Waals surface area contributed by atoms with Crippen molar-refractivity contribution in [2.75, 3.05) is 11.9 Å². The summed E-state index contributed by atoms with van der Waals surface area (Å²) >= 11 is 3.36. The summed E-state index contributed by atoms with van der Waals surface area (Å²) in [6, 6.07) is 10.8. The fourth-order valence-corrected chi connectivity index (χ4v) is 2.31. The van der Waals surface area contributed by atoms with Crippen molar-refractivity contribution in [3.05, 3.63) is 52.3 Å². The molecule has 1 aromatic carbocycles. The lowest BCUT2D eigenvalue weighted by molar-refractivity contribution is -0.146. The van der Waals surface area contributed by atoms with Gasteiger partial charge in [-0.15, -0.1) is 15.3 Å². The van der Waals surface area contributed by atoms with Gasteiger partial charge in [0.2, 0.25) is 0 Å². The van der Waals surface area contributed by atoms with Gasteiger partial charge in [-0.05, 0) is 36.2 Å². The van der Waals surface area contributed by atoms with Gasteiger partial charge in [-0.25, -0.2) is 0 Å². The summed E-state index contributed by atoms with van der Waals surface area (Å²) < 4.78 is 40.1. The van der Waals surface area contributed by atoms with Crippen LogP contribution in [-0.2, 0) is 12.6 Å². The van der Waals surface area contributed by atoms with Gasteiger partial charge in [0.15, 0.2) is 5.65 Å². The molecule has 3 aromatic rings. The second-order valence-corrected chi connectivity index (χ2v) is 5.73. The zero-order chi connectivity index (χ0) is 16.4. The number of hydrogen-bond acceptors (Lipinski definition) is 4. The van der Waals surface area contributed by atoms with Gasteiger partial charge in [0, 0.05) is 11.0 Å². The largest absolute Gasteiger partial charge is 0.453 e. The van der Waals surface area contributed by atoms with Gasteiger partial charge in [0.05, 0.1) is 0 Å². The molecule has 0 radical (unpaired) electrons. The fraction of sp³-hybridized carbons (Fsp3) is 0.214. The average Bonchev–Trinajstić information content (AvgIpc) is 2.92.